The van der Waals surface area contributed by atoms with Gasteiger partial charge >= 0.3 is 5.69 Å². The molecule has 2 rings (SSSR count). The number of alkyl halides is 1. The monoisotopic (exact) mass is 427 g/mol. The number of H-pyrrole nitrogens is 1. The molecule has 0 saturated carbocycles. The summed E-state index contributed by atoms with van der Waals surface area (Å²) in [4.78, 5) is 29.3. The third-order valence-corrected chi connectivity index (χ3v) is 5.74. The summed E-state index contributed by atoms with van der Waals surface area (Å²) in [5.41, 5.74) is -0.541. The fourth-order valence-corrected chi connectivity index (χ4v) is 3.91. The standard InChI is InChI=1S/C22H38FN3O4/c1-3-5-7-9-11-25(12-10-8-6-4-2)14-17-15-26(22(29)24-21(17)28)20-13-18(23)19(16-27)30-20/h15,18-20,27H,3-14,16H2,1-2H3,(H,24,28,29)/t18?,19-,20-/m1/s1. The molecule has 2 heterocycles. The lowest BCUT2D eigenvalue weighted by atomic mass is 10.1. The molecule has 1 saturated heterocycles. The first-order chi connectivity index (χ1) is 14.5. The lowest BCUT2D eigenvalue weighted by Crippen LogP contribution is -2.37. The van der Waals surface area contributed by atoms with Crippen LogP contribution in [0.15, 0.2) is 15.8 Å². The van der Waals surface area contributed by atoms with Crippen molar-refractivity contribution in [2.75, 3.05) is 19.7 Å². The van der Waals surface area contributed by atoms with E-state index in [0.717, 1.165) is 38.8 Å². The van der Waals surface area contributed by atoms with Crippen LogP contribution in [0.4, 0.5) is 4.39 Å². The lowest BCUT2D eigenvalue weighted by Gasteiger charge is -2.23. The first-order valence-electron chi connectivity index (χ1n) is 11.5. The van der Waals surface area contributed by atoms with Crippen LogP contribution in [0.1, 0.15) is 83.4 Å². The van der Waals surface area contributed by atoms with Gasteiger partial charge in [0.25, 0.3) is 5.56 Å². The highest BCUT2D eigenvalue weighted by molar-refractivity contribution is 5.05. The van der Waals surface area contributed by atoms with Gasteiger partial charge in [-0.1, -0.05) is 52.4 Å². The molecule has 8 heteroatoms. The van der Waals surface area contributed by atoms with E-state index in [9.17, 15) is 19.1 Å². The van der Waals surface area contributed by atoms with Gasteiger partial charge in [-0.25, -0.2) is 9.18 Å². The van der Waals surface area contributed by atoms with Crippen molar-refractivity contribution in [2.24, 2.45) is 0 Å². The number of nitrogens with zero attached hydrogens (tertiary/aromatic N) is 2. The molecule has 1 aromatic rings. The average molecular weight is 428 g/mol. The zero-order valence-corrected chi connectivity index (χ0v) is 18.4. The molecule has 1 unspecified atom stereocenters. The molecule has 30 heavy (non-hydrogen) atoms. The second-order valence-corrected chi connectivity index (χ2v) is 8.28. The highest BCUT2D eigenvalue weighted by atomic mass is 19.1. The third kappa shape index (κ3) is 7.32. The highest BCUT2D eigenvalue weighted by Crippen LogP contribution is 2.29. The number of nitrogens with one attached hydrogen (secondary N) is 1. The Morgan fingerprint density at radius 3 is 2.30 bits per heavy atom. The van der Waals surface area contributed by atoms with Crippen LogP contribution in [0.3, 0.4) is 0 Å². The van der Waals surface area contributed by atoms with Crippen molar-refractivity contribution in [3.05, 3.63) is 32.6 Å². The smallest absolute Gasteiger partial charge is 0.330 e. The number of halogens is 1. The Kier molecular flexibility index (Phi) is 10.7. The van der Waals surface area contributed by atoms with Crippen LogP contribution in [-0.2, 0) is 11.3 Å². The summed E-state index contributed by atoms with van der Waals surface area (Å²) in [6.07, 6.45) is 7.61. The van der Waals surface area contributed by atoms with Gasteiger partial charge in [-0.05, 0) is 25.9 Å². The summed E-state index contributed by atoms with van der Waals surface area (Å²) in [6, 6.07) is 0. The zero-order valence-electron chi connectivity index (χ0n) is 18.4. The van der Waals surface area contributed by atoms with Gasteiger partial charge in [0.15, 0.2) is 0 Å². The maximum Gasteiger partial charge on any atom is 0.330 e. The summed E-state index contributed by atoms with van der Waals surface area (Å²) in [5.74, 6) is 0. The fraction of sp³-hybridized carbons (Fsp3) is 0.818. The van der Waals surface area contributed by atoms with Gasteiger partial charge in [-0.15, -0.1) is 0 Å². The Hall–Kier alpha value is -1.51. The van der Waals surface area contributed by atoms with Crippen LogP contribution < -0.4 is 11.2 Å². The molecule has 172 valence electrons. The van der Waals surface area contributed by atoms with E-state index in [4.69, 9.17) is 4.74 Å². The van der Waals surface area contributed by atoms with Gasteiger partial charge in [0.2, 0.25) is 0 Å². The summed E-state index contributed by atoms with van der Waals surface area (Å²) in [5, 5.41) is 9.21. The van der Waals surface area contributed by atoms with E-state index >= 15 is 0 Å². The third-order valence-electron chi connectivity index (χ3n) is 5.74. The van der Waals surface area contributed by atoms with Crippen molar-refractivity contribution in [2.45, 2.75) is 96.7 Å². The van der Waals surface area contributed by atoms with Gasteiger partial charge in [-0.2, -0.15) is 0 Å². The minimum atomic E-state index is -1.34. The molecule has 0 aromatic carbocycles. The predicted molar refractivity (Wildman–Crippen MR) is 115 cm³/mol. The van der Waals surface area contributed by atoms with Crippen molar-refractivity contribution < 1.29 is 14.2 Å². The normalized spacial score (nSPS) is 21.6. The maximum absolute atomic E-state index is 14.0. The Morgan fingerprint density at radius 1 is 1.13 bits per heavy atom. The summed E-state index contributed by atoms with van der Waals surface area (Å²) in [6.45, 7) is 6.18. The van der Waals surface area contributed by atoms with Crippen LogP contribution in [-0.4, -0.2) is 51.5 Å². The first kappa shape index (κ1) is 24.8. The largest absolute Gasteiger partial charge is 0.394 e. The molecule has 7 nitrogen and oxygen atoms in total. The van der Waals surface area contributed by atoms with Crippen molar-refractivity contribution in [1.82, 2.24) is 14.5 Å². The van der Waals surface area contributed by atoms with Crippen LogP contribution in [0.2, 0.25) is 0 Å². The molecule has 0 spiro atoms. The zero-order chi connectivity index (χ0) is 21.9. The number of rotatable bonds is 14. The topological polar surface area (TPSA) is 87.6 Å². The number of aromatic amines is 1. The molecule has 0 amide bonds. The Balaban J connectivity index is 2.11. The first-order valence-corrected chi connectivity index (χ1v) is 11.5. The molecule has 2 N–H and O–H groups in total. The number of ether oxygens (including phenoxy) is 1. The molecule has 1 aromatic heterocycles. The Labute approximate surface area is 178 Å². The van der Waals surface area contributed by atoms with Gasteiger partial charge in [0.1, 0.15) is 18.5 Å². The van der Waals surface area contributed by atoms with Crippen molar-refractivity contribution in [1.29, 1.82) is 0 Å². The molecule has 0 radical (unpaired) electrons. The molecule has 3 atom stereocenters. The van der Waals surface area contributed by atoms with E-state index in [1.807, 2.05) is 0 Å². The van der Waals surface area contributed by atoms with E-state index in [2.05, 4.69) is 23.7 Å². The van der Waals surface area contributed by atoms with Gasteiger partial charge < -0.3 is 9.84 Å². The van der Waals surface area contributed by atoms with E-state index in [1.165, 1.54) is 36.4 Å². The molecular weight excluding hydrogens is 389 g/mol. The minimum absolute atomic E-state index is 0.0195. The number of aliphatic hydroxyl groups is 1. The minimum Gasteiger partial charge on any atom is -0.394 e. The summed E-state index contributed by atoms with van der Waals surface area (Å²) >= 11 is 0. The number of hydrogen-bond acceptors (Lipinski definition) is 5. The Bertz CT molecular complexity index is 724. The molecule has 1 fully saturated rings. The predicted octanol–water partition coefficient (Wildman–Crippen LogP) is 3.12. The maximum atomic E-state index is 14.0. The number of aliphatic hydroxyl groups excluding tert-OH is 1. The van der Waals surface area contributed by atoms with E-state index in [-0.39, 0.29) is 6.42 Å². The van der Waals surface area contributed by atoms with E-state index in [0.29, 0.717) is 12.1 Å². The fourth-order valence-electron chi connectivity index (χ4n) is 3.91. The van der Waals surface area contributed by atoms with Crippen molar-refractivity contribution in [3.63, 3.8) is 0 Å². The van der Waals surface area contributed by atoms with Crippen LogP contribution in [0.25, 0.3) is 0 Å². The van der Waals surface area contributed by atoms with Crippen LogP contribution in [0.5, 0.6) is 0 Å². The second-order valence-electron chi connectivity index (χ2n) is 8.28. The van der Waals surface area contributed by atoms with Crippen LogP contribution in [0, 0.1) is 0 Å². The van der Waals surface area contributed by atoms with Crippen molar-refractivity contribution >= 4 is 0 Å². The van der Waals surface area contributed by atoms with E-state index < -0.39 is 36.4 Å². The Morgan fingerprint density at radius 2 is 1.77 bits per heavy atom. The lowest BCUT2D eigenvalue weighted by molar-refractivity contribution is -0.0357. The molecule has 1 aliphatic rings. The SMILES string of the molecule is CCCCCCN(CCCCCC)Cc1cn([C@H]2CC(F)[C@@H](CO)O2)c(=O)[nH]c1=O. The molecular formula is C22H38FN3O4. The van der Waals surface area contributed by atoms with Crippen molar-refractivity contribution in [3.8, 4) is 0 Å². The second kappa shape index (κ2) is 13.0. The number of hydrogen-bond donors (Lipinski definition) is 2. The molecule has 1 aliphatic heterocycles. The number of unbranched alkanes of at least 4 members (excludes halogenated alkanes) is 6. The number of aromatic nitrogens is 2. The van der Waals surface area contributed by atoms with Crippen LogP contribution >= 0.6 is 0 Å². The van der Waals surface area contributed by atoms with Gasteiger partial charge in [0.05, 0.1) is 6.61 Å². The molecule has 0 aliphatic carbocycles. The highest BCUT2D eigenvalue weighted by Gasteiger charge is 2.36. The average Bonchev–Trinajstić information content (AvgIpc) is 3.10. The summed E-state index contributed by atoms with van der Waals surface area (Å²) in [7, 11) is 0. The van der Waals surface area contributed by atoms with Gasteiger partial charge in [0, 0.05) is 24.7 Å². The quantitative estimate of drug-likeness (QED) is 0.446. The van der Waals surface area contributed by atoms with E-state index in [1.54, 1.807) is 0 Å². The van der Waals surface area contributed by atoms with Gasteiger partial charge in [-0.3, -0.25) is 19.2 Å². The molecule has 0 bridgehead atoms. The summed E-state index contributed by atoms with van der Waals surface area (Å²) < 4.78 is 20.7.